The summed E-state index contributed by atoms with van der Waals surface area (Å²) in [5.74, 6) is 0.783. The van der Waals surface area contributed by atoms with Gasteiger partial charge in [-0.1, -0.05) is 19.9 Å². The maximum atomic E-state index is 12.1. The lowest BCUT2D eigenvalue weighted by Crippen LogP contribution is -2.32. The zero-order valence-corrected chi connectivity index (χ0v) is 13.4. The van der Waals surface area contributed by atoms with Gasteiger partial charge in [0.1, 0.15) is 6.10 Å². The molecule has 1 aliphatic rings. The van der Waals surface area contributed by atoms with Gasteiger partial charge >= 0.3 is 6.09 Å². The van der Waals surface area contributed by atoms with E-state index in [1.165, 1.54) is 0 Å². The molecule has 120 valence electrons. The minimum Gasteiger partial charge on any atom is -0.442 e. The maximum Gasteiger partial charge on any atom is 0.407 e. The number of nitrogens with one attached hydrogen (secondary N) is 2. The first-order chi connectivity index (χ1) is 10.0. The van der Waals surface area contributed by atoms with E-state index in [0.29, 0.717) is 12.3 Å². The zero-order valence-electron chi connectivity index (χ0n) is 13.4. The van der Waals surface area contributed by atoms with Crippen LogP contribution in [-0.2, 0) is 9.53 Å². The molecule has 2 unspecified atom stereocenters. The van der Waals surface area contributed by atoms with E-state index in [4.69, 9.17) is 4.74 Å². The molecular formula is C16H28N2O3. The summed E-state index contributed by atoms with van der Waals surface area (Å²) in [6, 6.07) is 0. The third-order valence-corrected chi connectivity index (χ3v) is 3.67. The molecule has 0 aromatic carbocycles. The average Bonchev–Trinajstić information content (AvgIpc) is 2.40. The van der Waals surface area contributed by atoms with Crippen LogP contribution in [0.1, 0.15) is 46.0 Å². The Labute approximate surface area is 127 Å². The van der Waals surface area contributed by atoms with E-state index in [1.807, 2.05) is 12.2 Å². The highest BCUT2D eigenvalue weighted by Crippen LogP contribution is 2.20. The Kier molecular flexibility index (Phi) is 7.87. The van der Waals surface area contributed by atoms with Gasteiger partial charge in [0.05, 0.1) is 0 Å². The molecule has 0 bridgehead atoms. The molecule has 0 radical (unpaired) electrons. The van der Waals surface area contributed by atoms with Gasteiger partial charge < -0.3 is 15.4 Å². The molecule has 0 aromatic rings. The lowest BCUT2D eigenvalue weighted by molar-refractivity contribution is -0.125. The lowest BCUT2D eigenvalue weighted by atomic mass is 9.93. The van der Waals surface area contributed by atoms with E-state index in [9.17, 15) is 9.59 Å². The number of allylic oxidation sites excluding steroid dienone is 1. The number of carbonyl (C=O) groups is 2. The summed E-state index contributed by atoms with van der Waals surface area (Å²) in [7, 11) is 1.55. The van der Waals surface area contributed by atoms with Crippen molar-refractivity contribution in [1.29, 1.82) is 0 Å². The number of rotatable bonds is 5. The van der Waals surface area contributed by atoms with Crippen LogP contribution in [0.5, 0.6) is 0 Å². The Morgan fingerprint density at radius 3 is 2.76 bits per heavy atom. The molecule has 21 heavy (non-hydrogen) atoms. The van der Waals surface area contributed by atoms with Gasteiger partial charge in [-0.25, -0.2) is 4.79 Å². The number of hydrogen-bond donors (Lipinski definition) is 2. The quantitative estimate of drug-likeness (QED) is 0.766. The van der Waals surface area contributed by atoms with Crippen molar-refractivity contribution in [2.24, 2.45) is 11.8 Å². The second kappa shape index (κ2) is 9.42. The normalized spacial score (nSPS) is 23.8. The molecule has 1 rings (SSSR count). The van der Waals surface area contributed by atoms with Crippen molar-refractivity contribution in [2.45, 2.75) is 52.1 Å². The van der Waals surface area contributed by atoms with Gasteiger partial charge in [-0.05, 0) is 44.1 Å². The number of ether oxygens (including phenoxy) is 1. The standard InChI is InChI=1S/C16H28N2O3/c1-12(2)10-11-18-15(19)13-6-4-8-14(9-5-7-13)21-16(20)17-3/h4,8,12-14H,5-7,9-11H2,1-3H3,(H,17,20)(H,18,19)/b8-4+. The molecule has 0 spiro atoms. The largest absolute Gasteiger partial charge is 0.442 e. The molecule has 2 amide bonds. The van der Waals surface area contributed by atoms with E-state index in [1.54, 1.807) is 7.05 Å². The summed E-state index contributed by atoms with van der Waals surface area (Å²) < 4.78 is 5.23. The first-order valence-electron chi connectivity index (χ1n) is 7.85. The van der Waals surface area contributed by atoms with E-state index < -0.39 is 6.09 Å². The van der Waals surface area contributed by atoms with Crippen LogP contribution in [-0.4, -0.2) is 31.7 Å². The number of amides is 2. The van der Waals surface area contributed by atoms with Crippen LogP contribution < -0.4 is 10.6 Å². The van der Waals surface area contributed by atoms with E-state index in [0.717, 1.165) is 32.2 Å². The van der Waals surface area contributed by atoms with Gasteiger partial charge in [0.2, 0.25) is 5.91 Å². The van der Waals surface area contributed by atoms with Crippen molar-refractivity contribution in [3.63, 3.8) is 0 Å². The van der Waals surface area contributed by atoms with Crippen molar-refractivity contribution in [3.05, 3.63) is 12.2 Å². The van der Waals surface area contributed by atoms with Crippen molar-refractivity contribution in [3.8, 4) is 0 Å². The predicted octanol–water partition coefficient (Wildman–Crippen LogP) is 2.62. The van der Waals surface area contributed by atoms with Crippen LogP contribution in [0.4, 0.5) is 4.79 Å². The second-order valence-corrected chi connectivity index (χ2v) is 5.96. The smallest absolute Gasteiger partial charge is 0.407 e. The first-order valence-corrected chi connectivity index (χ1v) is 7.85. The lowest BCUT2D eigenvalue weighted by Gasteiger charge is -2.20. The van der Waals surface area contributed by atoms with Gasteiger partial charge in [0.25, 0.3) is 0 Å². The third kappa shape index (κ3) is 7.16. The predicted molar refractivity (Wildman–Crippen MR) is 82.9 cm³/mol. The van der Waals surface area contributed by atoms with Crippen molar-refractivity contribution in [1.82, 2.24) is 10.6 Å². The van der Waals surface area contributed by atoms with Gasteiger partial charge in [-0.15, -0.1) is 0 Å². The van der Waals surface area contributed by atoms with E-state index in [-0.39, 0.29) is 17.9 Å². The maximum absolute atomic E-state index is 12.1. The highest BCUT2D eigenvalue weighted by atomic mass is 16.6. The zero-order chi connectivity index (χ0) is 15.7. The van der Waals surface area contributed by atoms with Crippen LogP contribution in [0.3, 0.4) is 0 Å². The Morgan fingerprint density at radius 1 is 1.33 bits per heavy atom. The van der Waals surface area contributed by atoms with E-state index in [2.05, 4.69) is 24.5 Å². The molecule has 0 aromatic heterocycles. The minimum atomic E-state index is -0.409. The number of alkyl carbamates (subject to hydrolysis) is 1. The van der Waals surface area contributed by atoms with Crippen LogP contribution in [0, 0.1) is 11.8 Å². The molecule has 2 atom stereocenters. The molecule has 0 saturated carbocycles. The third-order valence-electron chi connectivity index (χ3n) is 3.67. The molecule has 0 fully saturated rings. The SMILES string of the molecule is CNC(=O)OC1/C=C/CC(C(=O)NCCC(C)C)CCC1. The molecule has 0 saturated heterocycles. The van der Waals surface area contributed by atoms with Gasteiger partial charge in [-0.2, -0.15) is 0 Å². The Bertz CT molecular complexity index is 367. The van der Waals surface area contributed by atoms with Crippen LogP contribution in [0.25, 0.3) is 0 Å². The van der Waals surface area contributed by atoms with Crippen LogP contribution >= 0.6 is 0 Å². The van der Waals surface area contributed by atoms with Crippen LogP contribution in [0.2, 0.25) is 0 Å². The molecule has 0 aliphatic heterocycles. The second-order valence-electron chi connectivity index (χ2n) is 5.96. The topological polar surface area (TPSA) is 67.4 Å². The highest BCUT2D eigenvalue weighted by Gasteiger charge is 2.20. The summed E-state index contributed by atoms with van der Waals surface area (Å²) in [5.41, 5.74) is 0. The van der Waals surface area contributed by atoms with Crippen LogP contribution in [0.15, 0.2) is 12.2 Å². The van der Waals surface area contributed by atoms with Gasteiger partial charge in [-0.3, -0.25) is 4.79 Å². The fourth-order valence-electron chi connectivity index (χ4n) is 2.34. The van der Waals surface area contributed by atoms with E-state index >= 15 is 0 Å². The monoisotopic (exact) mass is 296 g/mol. The fraction of sp³-hybridized carbons (Fsp3) is 0.750. The van der Waals surface area contributed by atoms with Crippen molar-refractivity contribution >= 4 is 12.0 Å². The highest BCUT2D eigenvalue weighted by molar-refractivity contribution is 5.78. The summed E-state index contributed by atoms with van der Waals surface area (Å²) in [4.78, 5) is 23.3. The molecule has 1 aliphatic carbocycles. The summed E-state index contributed by atoms with van der Waals surface area (Å²) in [6.45, 7) is 5.05. The van der Waals surface area contributed by atoms with Gasteiger partial charge in [0, 0.05) is 19.5 Å². The molecular weight excluding hydrogens is 268 g/mol. The van der Waals surface area contributed by atoms with Gasteiger partial charge in [0.15, 0.2) is 0 Å². The average molecular weight is 296 g/mol. The Morgan fingerprint density at radius 2 is 2.10 bits per heavy atom. The molecule has 0 heterocycles. The van der Waals surface area contributed by atoms with Crippen molar-refractivity contribution in [2.75, 3.05) is 13.6 Å². The Hall–Kier alpha value is -1.52. The first kappa shape index (κ1) is 17.5. The number of carbonyl (C=O) groups excluding carboxylic acids is 2. The molecule has 5 nitrogen and oxygen atoms in total. The van der Waals surface area contributed by atoms with Crippen molar-refractivity contribution < 1.29 is 14.3 Å². The summed E-state index contributed by atoms with van der Waals surface area (Å²) in [6.07, 6.45) is 7.46. The Balaban J connectivity index is 2.39. The summed E-state index contributed by atoms with van der Waals surface area (Å²) in [5, 5.41) is 5.46. The molecule has 2 N–H and O–H groups in total. The molecule has 5 heteroatoms. The number of hydrogen-bond acceptors (Lipinski definition) is 3. The summed E-state index contributed by atoms with van der Waals surface area (Å²) >= 11 is 0. The minimum absolute atomic E-state index is 0.0364. The fourth-order valence-corrected chi connectivity index (χ4v) is 2.34.